The van der Waals surface area contributed by atoms with Crippen LogP contribution in [0.25, 0.3) is 0 Å². The van der Waals surface area contributed by atoms with Gasteiger partial charge >= 0.3 is 0 Å². The molecule has 5 nitrogen and oxygen atoms in total. The maximum absolute atomic E-state index is 11.8. The van der Waals surface area contributed by atoms with Gasteiger partial charge < -0.3 is 0 Å². The van der Waals surface area contributed by atoms with E-state index in [1.807, 2.05) is 0 Å². The van der Waals surface area contributed by atoms with E-state index in [0.29, 0.717) is 4.90 Å². The number of nitrogens with zero attached hydrogens (tertiary/aromatic N) is 2. The summed E-state index contributed by atoms with van der Waals surface area (Å²) >= 11 is 0. The Morgan fingerprint density at radius 3 is 2.84 bits per heavy atom. The molecule has 0 spiro atoms. The van der Waals surface area contributed by atoms with Crippen LogP contribution in [0.5, 0.6) is 0 Å². The van der Waals surface area contributed by atoms with Crippen LogP contribution in [0.2, 0.25) is 0 Å². The van der Waals surface area contributed by atoms with Crippen LogP contribution in [0.15, 0.2) is 11.1 Å². The number of aromatic amines is 1. The van der Waals surface area contributed by atoms with Crippen molar-refractivity contribution in [2.45, 2.75) is 43.0 Å². The monoisotopic (exact) mass is 283 g/mol. The number of H-pyrrole nitrogens is 1. The highest BCUT2D eigenvalue weighted by molar-refractivity contribution is 7.90. The summed E-state index contributed by atoms with van der Waals surface area (Å²) in [6, 6.07) is 0.196. The van der Waals surface area contributed by atoms with Crippen molar-refractivity contribution in [3.8, 4) is 0 Å². The molecule has 1 aliphatic carbocycles. The Kier molecular flexibility index (Phi) is 3.39. The number of rotatable bonds is 4. The zero-order valence-electron chi connectivity index (χ0n) is 11.3. The van der Waals surface area contributed by atoms with Gasteiger partial charge in [-0.15, -0.1) is 0 Å². The smallest absolute Gasteiger partial charge is 0.178 e. The lowest BCUT2D eigenvalue weighted by molar-refractivity contribution is 0.137. The molecule has 2 fully saturated rings. The van der Waals surface area contributed by atoms with Gasteiger partial charge in [0.2, 0.25) is 0 Å². The summed E-state index contributed by atoms with van der Waals surface area (Å²) < 4.78 is 23.6. The Bertz CT molecular complexity index is 548. The van der Waals surface area contributed by atoms with Gasteiger partial charge in [-0.2, -0.15) is 5.10 Å². The zero-order valence-corrected chi connectivity index (χ0v) is 12.1. The minimum atomic E-state index is -3.20. The summed E-state index contributed by atoms with van der Waals surface area (Å²) in [6.07, 6.45) is 8.76. The van der Waals surface area contributed by atoms with E-state index in [1.54, 1.807) is 0 Å². The van der Waals surface area contributed by atoms with Gasteiger partial charge in [-0.05, 0) is 38.1 Å². The summed E-state index contributed by atoms with van der Waals surface area (Å²) in [5.41, 5.74) is 0.794. The lowest BCUT2D eigenvalue weighted by Crippen LogP contribution is -2.35. The molecule has 2 heterocycles. The molecule has 1 aromatic rings. The summed E-state index contributed by atoms with van der Waals surface area (Å²) in [6.45, 7) is 2.18. The van der Waals surface area contributed by atoms with E-state index in [0.717, 1.165) is 37.5 Å². The van der Waals surface area contributed by atoms with E-state index in [9.17, 15) is 8.42 Å². The number of hydrogen-bond acceptors (Lipinski definition) is 4. The Morgan fingerprint density at radius 1 is 1.37 bits per heavy atom. The highest BCUT2D eigenvalue weighted by Gasteiger charge is 2.33. The number of likely N-dealkylation sites (tertiary alicyclic amines) is 1. The first-order valence-corrected chi connectivity index (χ1v) is 8.92. The molecular weight excluding hydrogens is 262 g/mol. The Morgan fingerprint density at radius 2 is 2.16 bits per heavy atom. The SMILES string of the molecule is CS(=O)(=O)c1cn[nH]c1[C@@H]1CCCCN1CC1CC1. The van der Waals surface area contributed by atoms with Crippen molar-refractivity contribution in [3.05, 3.63) is 11.9 Å². The normalized spacial score (nSPS) is 25.6. The molecule has 0 bridgehead atoms. The summed E-state index contributed by atoms with van der Waals surface area (Å²) in [5, 5.41) is 6.90. The molecule has 1 N–H and O–H groups in total. The van der Waals surface area contributed by atoms with Gasteiger partial charge in [0.1, 0.15) is 4.90 Å². The van der Waals surface area contributed by atoms with Gasteiger partial charge in [0, 0.05) is 12.8 Å². The summed E-state index contributed by atoms with van der Waals surface area (Å²) in [5.74, 6) is 0.824. The molecule has 3 rings (SSSR count). The Hall–Kier alpha value is -0.880. The van der Waals surface area contributed by atoms with Gasteiger partial charge in [0.15, 0.2) is 9.84 Å². The molecule has 1 saturated heterocycles. The van der Waals surface area contributed by atoms with Crippen molar-refractivity contribution in [1.29, 1.82) is 0 Å². The second-order valence-electron chi connectivity index (χ2n) is 5.87. The minimum Gasteiger partial charge on any atom is -0.294 e. The van der Waals surface area contributed by atoms with E-state index in [1.165, 1.54) is 31.7 Å². The van der Waals surface area contributed by atoms with Crippen LogP contribution in [-0.2, 0) is 9.84 Å². The van der Waals surface area contributed by atoms with Crippen LogP contribution in [-0.4, -0.2) is 42.9 Å². The number of aromatic nitrogens is 2. The highest BCUT2D eigenvalue weighted by atomic mass is 32.2. The number of piperidine rings is 1. The fraction of sp³-hybridized carbons (Fsp3) is 0.769. The lowest BCUT2D eigenvalue weighted by atomic mass is 9.99. The largest absolute Gasteiger partial charge is 0.294 e. The third kappa shape index (κ3) is 2.84. The van der Waals surface area contributed by atoms with Gasteiger partial charge in [0.25, 0.3) is 0 Å². The van der Waals surface area contributed by atoms with Crippen LogP contribution < -0.4 is 0 Å². The first kappa shape index (κ1) is 13.1. The molecule has 106 valence electrons. The van der Waals surface area contributed by atoms with Crippen LogP contribution >= 0.6 is 0 Å². The molecule has 6 heteroatoms. The van der Waals surface area contributed by atoms with Gasteiger partial charge in [-0.25, -0.2) is 8.42 Å². The molecule has 0 amide bonds. The number of nitrogens with one attached hydrogen (secondary N) is 1. The van der Waals surface area contributed by atoms with E-state index < -0.39 is 9.84 Å². The molecule has 0 aromatic carbocycles. The summed E-state index contributed by atoms with van der Waals surface area (Å²) in [7, 11) is -3.20. The quantitative estimate of drug-likeness (QED) is 0.914. The zero-order chi connectivity index (χ0) is 13.5. The predicted octanol–water partition coefficient (Wildman–Crippen LogP) is 1.75. The highest BCUT2D eigenvalue weighted by Crippen LogP contribution is 2.37. The molecule has 2 aliphatic rings. The number of sulfone groups is 1. The van der Waals surface area contributed by atoms with Crippen molar-refractivity contribution < 1.29 is 8.42 Å². The molecule has 1 aliphatic heterocycles. The van der Waals surface area contributed by atoms with Crippen LogP contribution in [0.1, 0.15) is 43.8 Å². The second kappa shape index (κ2) is 4.90. The van der Waals surface area contributed by atoms with E-state index in [4.69, 9.17) is 0 Å². The van der Waals surface area contributed by atoms with Crippen LogP contribution in [0.4, 0.5) is 0 Å². The Labute approximate surface area is 114 Å². The average Bonchev–Trinajstić information content (AvgIpc) is 3.02. The van der Waals surface area contributed by atoms with Crippen molar-refractivity contribution in [2.75, 3.05) is 19.3 Å². The van der Waals surface area contributed by atoms with Gasteiger partial charge in [-0.1, -0.05) is 6.42 Å². The fourth-order valence-electron chi connectivity index (χ4n) is 2.99. The molecule has 1 atom stereocenters. The maximum atomic E-state index is 11.8. The van der Waals surface area contributed by atoms with Gasteiger partial charge in [0.05, 0.1) is 17.9 Å². The topological polar surface area (TPSA) is 66.1 Å². The van der Waals surface area contributed by atoms with Gasteiger partial charge in [-0.3, -0.25) is 10.00 Å². The summed E-state index contributed by atoms with van der Waals surface area (Å²) in [4.78, 5) is 2.82. The van der Waals surface area contributed by atoms with Crippen molar-refractivity contribution in [1.82, 2.24) is 15.1 Å². The fourth-order valence-corrected chi connectivity index (χ4v) is 3.81. The predicted molar refractivity (Wildman–Crippen MR) is 72.6 cm³/mol. The average molecular weight is 283 g/mol. The van der Waals surface area contributed by atoms with Crippen molar-refractivity contribution >= 4 is 9.84 Å². The first-order chi connectivity index (χ1) is 9.05. The lowest BCUT2D eigenvalue weighted by Gasteiger charge is -2.35. The minimum absolute atomic E-state index is 0.196. The first-order valence-electron chi connectivity index (χ1n) is 7.03. The number of hydrogen-bond donors (Lipinski definition) is 1. The Balaban J connectivity index is 1.87. The van der Waals surface area contributed by atoms with E-state index in [2.05, 4.69) is 15.1 Å². The third-order valence-corrected chi connectivity index (χ3v) is 5.29. The molecule has 0 radical (unpaired) electrons. The molecule has 1 saturated carbocycles. The standard InChI is InChI=1S/C13H21N3O2S/c1-19(17,18)12-8-14-15-13(12)11-4-2-3-7-16(11)9-10-5-6-10/h8,10-11H,2-7,9H2,1H3,(H,14,15)/t11-/m0/s1. The second-order valence-corrected chi connectivity index (χ2v) is 7.85. The van der Waals surface area contributed by atoms with Crippen molar-refractivity contribution in [2.24, 2.45) is 5.92 Å². The van der Waals surface area contributed by atoms with Crippen LogP contribution in [0, 0.1) is 5.92 Å². The molecular formula is C13H21N3O2S. The molecule has 1 aromatic heterocycles. The maximum Gasteiger partial charge on any atom is 0.178 e. The van der Waals surface area contributed by atoms with E-state index >= 15 is 0 Å². The van der Waals surface area contributed by atoms with Crippen molar-refractivity contribution in [3.63, 3.8) is 0 Å². The third-order valence-electron chi connectivity index (χ3n) is 4.17. The molecule has 0 unspecified atom stereocenters. The van der Waals surface area contributed by atoms with Crippen LogP contribution in [0.3, 0.4) is 0 Å². The molecule has 19 heavy (non-hydrogen) atoms. The van der Waals surface area contributed by atoms with E-state index in [-0.39, 0.29) is 6.04 Å².